The Kier molecular flexibility index (Phi) is 6.69. The average Bonchev–Trinajstić information content (AvgIpc) is 2.41. The van der Waals surface area contributed by atoms with Crippen LogP contribution in [0, 0.1) is 6.92 Å². The van der Waals surface area contributed by atoms with Crippen molar-refractivity contribution in [3.8, 4) is 0 Å². The molecule has 0 aliphatic rings. The van der Waals surface area contributed by atoms with Gasteiger partial charge in [0.15, 0.2) is 0 Å². The van der Waals surface area contributed by atoms with Crippen molar-refractivity contribution in [3.05, 3.63) is 72.0 Å². The Morgan fingerprint density at radius 1 is 1.32 bits per heavy atom. The molecule has 0 amide bonds. The highest BCUT2D eigenvalue weighted by molar-refractivity contribution is 5.26. The van der Waals surface area contributed by atoms with Crippen LogP contribution < -0.4 is 0 Å². The number of allylic oxidation sites excluding steroid dienone is 4. The molecule has 0 fully saturated rings. The molecule has 2 heteroatoms. The van der Waals surface area contributed by atoms with E-state index < -0.39 is 0 Å². The van der Waals surface area contributed by atoms with Gasteiger partial charge in [-0.2, -0.15) is 0 Å². The van der Waals surface area contributed by atoms with Gasteiger partial charge in [-0.05, 0) is 38.0 Å². The average molecular weight is 257 g/mol. The minimum absolute atomic E-state index is 0.627. The summed E-state index contributed by atoms with van der Waals surface area (Å²) in [7, 11) is 0. The zero-order valence-electron chi connectivity index (χ0n) is 12.1. The van der Waals surface area contributed by atoms with Gasteiger partial charge in [0.05, 0.1) is 18.8 Å². The van der Waals surface area contributed by atoms with E-state index in [1.165, 1.54) is 11.1 Å². The lowest BCUT2D eigenvalue weighted by Gasteiger charge is -2.24. The number of hydroxylamine groups is 2. The first kappa shape index (κ1) is 15.3. The second-order valence-corrected chi connectivity index (χ2v) is 4.26. The minimum Gasteiger partial charge on any atom is -0.273 e. The first-order valence-corrected chi connectivity index (χ1v) is 6.62. The Bertz CT molecular complexity index is 460. The van der Waals surface area contributed by atoms with Crippen LogP contribution in [0.25, 0.3) is 0 Å². The maximum absolute atomic E-state index is 5.65. The molecule has 0 spiro atoms. The summed E-state index contributed by atoms with van der Waals surface area (Å²) in [4.78, 5) is 5.65. The van der Waals surface area contributed by atoms with E-state index in [-0.39, 0.29) is 0 Å². The first-order valence-electron chi connectivity index (χ1n) is 6.62. The van der Waals surface area contributed by atoms with Gasteiger partial charge in [-0.3, -0.25) is 9.90 Å². The molecule has 0 radical (unpaired) electrons. The lowest BCUT2D eigenvalue weighted by molar-refractivity contribution is -0.130. The summed E-state index contributed by atoms with van der Waals surface area (Å²) in [6, 6.07) is 8.32. The topological polar surface area (TPSA) is 12.5 Å². The van der Waals surface area contributed by atoms with Gasteiger partial charge < -0.3 is 0 Å². The van der Waals surface area contributed by atoms with Crippen molar-refractivity contribution in [1.29, 1.82) is 0 Å². The Morgan fingerprint density at radius 2 is 2.05 bits per heavy atom. The highest BCUT2D eigenvalue weighted by Crippen LogP contribution is 2.15. The van der Waals surface area contributed by atoms with Crippen molar-refractivity contribution in [2.24, 2.45) is 0 Å². The van der Waals surface area contributed by atoms with Gasteiger partial charge in [-0.1, -0.05) is 49.1 Å². The molecule has 0 atom stereocenters. The highest BCUT2D eigenvalue weighted by atomic mass is 16.7. The summed E-state index contributed by atoms with van der Waals surface area (Å²) in [6.45, 7) is 11.5. The summed E-state index contributed by atoms with van der Waals surface area (Å²) in [5.74, 6) is 0. The summed E-state index contributed by atoms with van der Waals surface area (Å²) in [6.07, 6.45) is 7.87. The molecule has 0 aliphatic heterocycles. The lowest BCUT2D eigenvalue weighted by Crippen LogP contribution is -2.22. The van der Waals surface area contributed by atoms with Crippen LogP contribution in [0.4, 0.5) is 0 Å². The molecule has 0 saturated carbocycles. The van der Waals surface area contributed by atoms with Crippen molar-refractivity contribution in [1.82, 2.24) is 5.06 Å². The van der Waals surface area contributed by atoms with E-state index in [2.05, 4.69) is 25.6 Å². The number of nitrogens with zero attached hydrogens (tertiary/aromatic N) is 1. The molecule has 0 saturated heterocycles. The summed E-state index contributed by atoms with van der Waals surface area (Å²) in [5.41, 5.74) is 3.36. The van der Waals surface area contributed by atoms with Crippen molar-refractivity contribution in [3.63, 3.8) is 0 Å². The molecule has 1 aromatic carbocycles. The van der Waals surface area contributed by atoms with Crippen LogP contribution in [0.15, 0.2) is 60.8 Å². The van der Waals surface area contributed by atoms with E-state index in [1.807, 2.05) is 55.3 Å². The van der Waals surface area contributed by atoms with Crippen LogP contribution in [0.3, 0.4) is 0 Å². The Morgan fingerprint density at radius 3 is 2.68 bits per heavy atom. The van der Waals surface area contributed by atoms with Gasteiger partial charge in [0.1, 0.15) is 0 Å². The van der Waals surface area contributed by atoms with Gasteiger partial charge in [0.2, 0.25) is 0 Å². The van der Waals surface area contributed by atoms with Gasteiger partial charge in [-0.25, -0.2) is 0 Å². The van der Waals surface area contributed by atoms with Gasteiger partial charge in [-0.15, -0.1) is 0 Å². The van der Waals surface area contributed by atoms with E-state index in [4.69, 9.17) is 4.84 Å². The van der Waals surface area contributed by atoms with Crippen LogP contribution in [0.2, 0.25) is 0 Å². The van der Waals surface area contributed by atoms with Gasteiger partial charge >= 0.3 is 0 Å². The number of rotatable bonds is 7. The van der Waals surface area contributed by atoms with Crippen LogP contribution in [-0.4, -0.2) is 11.7 Å². The monoisotopic (exact) mass is 257 g/mol. The minimum atomic E-state index is 0.627. The quantitative estimate of drug-likeness (QED) is 0.530. The molecule has 102 valence electrons. The molecule has 2 nitrogen and oxygen atoms in total. The zero-order chi connectivity index (χ0) is 14.1. The molecule has 0 bridgehead atoms. The third-order valence-electron chi connectivity index (χ3n) is 2.77. The maximum atomic E-state index is 5.65. The van der Waals surface area contributed by atoms with Crippen molar-refractivity contribution >= 4 is 0 Å². The Hall–Kier alpha value is -1.80. The van der Waals surface area contributed by atoms with Crippen molar-refractivity contribution in [2.45, 2.75) is 27.3 Å². The van der Waals surface area contributed by atoms with Gasteiger partial charge in [0.25, 0.3) is 0 Å². The first-order chi connectivity index (χ1) is 9.19. The fourth-order valence-electron chi connectivity index (χ4n) is 1.69. The van der Waals surface area contributed by atoms with Gasteiger partial charge in [0, 0.05) is 0 Å². The van der Waals surface area contributed by atoms with E-state index in [9.17, 15) is 0 Å². The zero-order valence-corrected chi connectivity index (χ0v) is 12.1. The molecular weight excluding hydrogens is 234 g/mol. The number of hydrogen-bond donors (Lipinski definition) is 0. The second-order valence-electron chi connectivity index (χ2n) is 4.26. The fraction of sp³-hybridized carbons (Fsp3) is 0.294. The van der Waals surface area contributed by atoms with Crippen LogP contribution in [0.1, 0.15) is 25.0 Å². The number of hydrogen-bond acceptors (Lipinski definition) is 2. The molecule has 19 heavy (non-hydrogen) atoms. The normalized spacial score (nSPS) is 11.3. The lowest BCUT2D eigenvalue weighted by atomic mass is 10.1. The standard InChI is InChI=1S/C17H23NO/c1-5-7-8-12-16(4)18(19-6-2)14-17-13-10-9-11-15(17)3/h5,7-13H,4,6,14H2,1-3H3/b7-5-,12-8-. The van der Waals surface area contributed by atoms with Crippen LogP contribution in [0.5, 0.6) is 0 Å². The SMILES string of the molecule is C=C(/C=C\C=C/C)N(Cc1ccccc1C)OCC. The molecule has 0 aromatic heterocycles. The number of benzene rings is 1. The molecular formula is C17H23NO. The van der Waals surface area contributed by atoms with Crippen molar-refractivity contribution < 1.29 is 4.84 Å². The molecule has 1 rings (SSSR count). The molecule has 1 aromatic rings. The third kappa shape index (κ3) is 5.14. The fourth-order valence-corrected chi connectivity index (χ4v) is 1.69. The second kappa shape index (κ2) is 8.33. The summed E-state index contributed by atoms with van der Waals surface area (Å²) >= 11 is 0. The predicted molar refractivity (Wildman–Crippen MR) is 81.4 cm³/mol. The van der Waals surface area contributed by atoms with E-state index >= 15 is 0 Å². The molecule has 0 unspecified atom stereocenters. The largest absolute Gasteiger partial charge is 0.273 e. The highest BCUT2D eigenvalue weighted by Gasteiger charge is 2.08. The van der Waals surface area contributed by atoms with Crippen LogP contribution in [-0.2, 0) is 11.4 Å². The summed E-state index contributed by atoms with van der Waals surface area (Å²) in [5, 5.41) is 1.84. The van der Waals surface area contributed by atoms with E-state index in [1.54, 1.807) is 0 Å². The van der Waals surface area contributed by atoms with Crippen molar-refractivity contribution in [2.75, 3.05) is 6.61 Å². The molecule has 0 heterocycles. The molecule has 0 N–H and O–H groups in total. The Balaban J connectivity index is 2.78. The molecule has 0 aliphatic carbocycles. The van der Waals surface area contributed by atoms with E-state index in [0.717, 1.165) is 5.70 Å². The third-order valence-corrected chi connectivity index (χ3v) is 2.77. The van der Waals surface area contributed by atoms with Crippen LogP contribution >= 0.6 is 0 Å². The maximum Gasteiger partial charge on any atom is 0.0720 e. The predicted octanol–water partition coefficient (Wildman–Crippen LogP) is 4.39. The van der Waals surface area contributed by atoms with E-state index in [0.29, 0.717) is 13.2 Å². The summed E-state index contributed by atoms with van der Waals surface area (Å²) < 4.78 is 0. The smallest absolute Gasteiger partial charge is 0.0720 e. The number of aryl methyl sites for hydroxylation is 1. The Labute approximate surface area is 116 Å².